The highest BCUT2D eigenvalue weighted by atomic mass is 16.3. The molecule has 0 saturated heterocycles. The number of hydrogen-bond acceptors (Lipinski definition) is 4. The molecule has 1 unspecified atom stereocenters. The summed E-state index contributed by atoms with van der Waals surface area (Å²) in [6.45, 7) is -0.0935. The van der Waals surface area contributed by atoms with Gasteiger partial charge in [0.1, 0.15) is 11.3 Å². The second-order valence-corrected chi connectivity index (χ2v) is 5.79. The van der Waals surface area contributed by atoms with E-state index in [2.05, 4.69) is 10.6 Å². The molecule has 1 aliphatic rings. The third kappa shape index (κ3) is 3.70. The van der Waals surface area contributed by atoms with E-state index in [4.69, 9.17) is 5.11 Å². The van der Waals surface area contributed by atoms with Gasteiger partial charge in [0.05, 0.1) is 12.6 Å². The number of anilines is 1. The Morgan fingerprint density at radius 1 is 1.04 bits per heavy atom. The van der Waals surface area contributed by atoms with Crippen molar-refractivity contribution in [3.8, 4) is 0 Å². The van der Waals surface area contributed by atoms with Crippen LogP contribution in [0.15, 0.2) is 65.9 Å². The van der Waals surface area contributed by atoms with Gasteiger partial charge in [0, 0.05) is 5.69 Å². The van der Waals surface area contributed by atoms with Gasteiger partial charge in [0.2, 0.25) is 0 Å². The molecule has 2 aromatic carbocycles. The Morgan fingerprint density at radius 2 is 1.72 bits per heavy atom. The molecule has 0 bridgehead atoms. The SMILES string of the molecule is O=C(Nc1ccc(CO)cc1)C1=C(O)C(Cc2ccccc2)NC1=O. The predicted octanol–water partition coefficient (Wildman–Crippen LogP) is 1.67. The lowest BCUT2D eigenvalue weighted by Crippen LogP contribution is -2.31. The molecule has 128 valence electrons. The van der Waals surface area contributed by atoms with Gasteiger partial charge in [-0.25, -0.2) is 0 Å². The van der Waals surface area contributed by atoms with Gasteiger partial charge >= 0.3 is 0 Å². The fourth-order valence-electron chi connectivity index (χ4n) is 2.69. The molecule has 0 saturated carbocycles. The van der Waals surface area contributed by atoms with Crippen LogP contribution >= 0.6 is 0 Å². The lowest BCUT2D eigenvalue weighted by atomic mass is 10.0. The summed E-state index contributed by atoms with van der Waals surface area (Å²) in [5.41, 5.74) is 1.86. The van der Waals surface area contributed by atoms with Crippen molar-refractivity contribution in [2.24, 2.45) is 0 Å². The quantitative estimate of drug-likeness (QED) is 0.623. The van der Waals surface area contributed by atoms with Crippen molar-refractivity contribution < 1.29 is 19.8 Å². The van der Waals surface area contributed by atoms with E-state index < -0.39 is 17.9 Å². The zero-order chi connectivity index (χ0) is 17.8. The summed E-state index contributed by atoms with van der Waals surface area (Å²) in [5, 5.41) is 24.5. The lowest BCUT2D eigenvalue weighted by molar-refractivity contribution is -0.120. The minimum Gasteiger partial charge on any atom is -0.509 e. The molecule has 0 aromatic heterocycles. The molecule has 0 radical (unpaired) electrons. The number of nitrogens with one attached hydrogen (secondary N) is 2. The molecule has 0 aliphatic carbocycles. The molecule has 1 heterocycles. The summed E-state index contributed by atoms with van der Waals surface area (Å²) in [6.07, 6.45) is 0.403. The van der Waals surface area contributed by atoms with E-state index in [1.54, 1.807) is 24.3 Å². The molecule has 25 heavy (non-hydrogen) atoms. The minimum absolute atomic E-state index is 0.0935. The Labute approximate surface area is 144 Å². The maximum absolute atomic E-state index is 12.3. The average Bonchev–Trinajstić information content (AvgIpc) is 2.90. The Hall–Kier alpha value is -3.12. The topological polar surface area (TPSA) is 98.7 Å². The third-order valence-electron chi connectivity index (χ3n) is 4.02. The van der Waals surface area contributed by atoms with E-state index in [1.807, 2.05) is 30.3 Å². The molecule has 1 aliphatic heterocycles. The first-order chi connectivity index (χ1) is 12.1. The molecule has 2 amide bonds. The summed E-state index contributed by atoms with van der Waals surface area (Å²) in [4.78, 5) is 24.4. The van der Waals surface area contributed by atoms with Gasteiger partial charge in [-0.2, -0.15) is 0 Å². The van der Waals surface area contributed by atoms with E-state index in [-0.39, 0.29) is 17.9 Å². The van der Waals surface area contributed by atoms with Crippen LogP contribution in [0.4, 0.5) is 5.69 Å². The number of rotatable bonds is 5. The fraction of sp³-hybridized carbons (Fsp3) is 0.158. The predicted molar refractivity (Wildman–Crippen MR) is 92.7 cm³/mol. The molecule has 6 heteroatoms. The number of aliphatic hydroxyl groups excluding tert-OH is 2. The van der Waals surface area contributed by atoms with Gasteiger partial charge in [-0.3, -0.25) is 9.59 Å². The number of carbonyl (C=O) groups excluding carboxylic acids is 2. The fourth-order valence-corrected chi connectivity index (χ4v) is 2.69. The van der Waals surface area contributed by atoms with Gasteiger partial charge in [0.15, 0.2) is 0 Å². The third-order valence-corrected chi connectivity index (χ3v) is 4.02. The van der Waals surface area contributed by atoms with E-state index in [0.717, 1.165) is 5.56 Å². The monoisotopic (exact) mass is 338 g/mol. The number of hydrogen-bond donors (Lipinski definition) is 4. The molecule has 4 N–H and O–H groups in total. The van der Waals surface area contributed by atoms with E-state index in [9.17, 15) is 14.7 Å². The van der Waals surface area contributed by atoms with Crippen molar-refractivity contribution in [1.29, 1.82) is 0 Å². The molecule has 0 fully saturated rings. The van der Waals surface area contributed by atoms with Crippen LogP contribution in [0.2, 0.25) is 0 Å². The van der Waals surface area contributed by atoms with E-state index in [0.29, 0.717) is 17.7 Å². The zero-order valence-corrected chi connectivity index (χ0v) is 13.4. The average molecular weight is 338 g/mol. The highest BCUT2D eigenvalue weighted by molar-refractivity contribution is 6.24. The zero-order valence-electron chi connectivity index (χ0n) is 13.4. The highest BCUT2D eigenvalue weighted by Crippen LogP contribution is 2.20. The first kappa shape index (κ1) is 16.7. The standard InChI is InChI=1S/C19H18N2O4/c22-11-13-6-8-14(9-7-13)20-18(24)16-17(23)15(21-19(16)25)10-12-4-2-1-3-5-12/h1-9,15,22-23H,10-11H2,(H,20,24)(H,21,25). The summed E-state index contributed by atoms with van der Waals surface area (Å²) >= 11 is 0. The maximum Gasteiger partial charge on any atom is 0.264 e. The maximum atomic E-state index is 12.3. The van der Waals surface area contributed by atoms with Crippen molar-refractivity contribution in [2.45, 2.75) is 19.1 Å². The largest absolute Gasteiger partial charge is 0.509 e. The van der Waals surface area contributed by atoms with Crippen molar-refractivity contribution in [1.82, 2.24) is 5.32 Å². The van der Waals surface area contributed by atoms with Gasteiger partial charge in [-0.1, -0.05) is 42.5 Å². The van der Waals surface area contributed by atoms with Crippen LogP contribution in [-0.4, -0.2) is 28.1 Å². The summed E-state index contributed by atoms with van der Waals surface area (Å²) in [7, 11) is 0. The van der Waals surface area contributed by atoms with Gasteiger partial charge in [-0.15, -0.1) is 0 Å². The molecule has 3 rings (SSSR count). The van der Waals surface area contributed by atoms with Gasteiger partial charge in [-0.05, 0) is 29.7 Å². The van der Waals surface area contributed by atoms with Crippen molar-refractivity contribution in [3.63, 3.8) is 0 Å². The number of aliphatic hydroxyl groups is 2. The molecule has 6 nitrogen and oxygen atoms in total. The van der Waals surface area contributed by atoms with Gasteiger partial charge < -0.3 is 20.8 Å². The van der Waals surface area contributed by atoms with Gasteiger partial charge in [0.25, 0.3) is 11.8 Å². The highest BCUT2D eigenvalue weighted by Gasteiger charge is 2.35. The van der Waals surface area contributed by atoms with Crippen molar-refractivity contribution in [2.75, 3.05) is 5.32 Å². The molecular weight excluding hydrogens is 320 g/mol. The normalized spacial score (nSPS) is 16.7. The summed E-state index contributed by atoms with van der Waals surface area (Å²) in [6, 6.07) is 15.4. The van der Waals surface area contributed by atoms with Crippen molar-refractivity contribution in [3.05, 3.63) is 77.1 Å². The number of benzene rings is 2. The molecule has 2 aromatic rings. The second kappa shape index (κ2) is 7.19. The number of carbonyl (C=O) groups is 2. The summed E-state index contributed by atoms with van der Waals surface area (Å²) < 4.78 is 0. The Balaban J connectivity index is 1.74. The first-order valence-electron chi connectivity index (χ1n) is 7.87. The van der Waals surface area contributed by atoms with E-state index in [1.165, 1.54) is 0 Å². The lowest BCUT2D eigenvalue weighted by Gasteiger charge is -2.10. The van der Waals surface area contributed by atoms with Crippen molar-refractivity contribution >= 4 is 17.5 Å². The smallest absolute Gasteiger partial charge is 0.264 e. The second-order valence-electron chi connectivity index (χ2n) is 5.79. The van der Waals surface area contributed by atoms with Crippen LogP contribution < -0.4 is 10.6 Å². The Morgan fingerprint density at radius 3 is 2.36 bits per heavy atom. The Bertz CT molecular complexity index is 813. The molecule has 1 atom stereocenters. The van der Waals surface area contributed by atoms with E-state index >= 15 is 0 Å². The molecule has 0 spiro atoms. The molecular formula is C19H18N2O4. The minimum atomic E-state index is -0.665. The van der Waals surface area contributed by atoms with Crippen LogP contribution in [0.5, 0.6) is 0 Å². The van der Waals surface area contributed by atoms with Crippen LogP contribution in [0.3, 0.4) is 0 Å². The van der Waals surface area contributed by atoms with Crippen LogP contribution in [0.25, 0.3) is 0 Å². The Kier molecular flexibility index (Phi) is 4.81. The number of amides is 2. The van der Waals surface area contributed by atoms with Crippen LogP contribution in [0.1, 0.15) is 11.1 Å². The summed E-state index contributed by atoms with van der Waals surface area (Å²) in [5.74, 6) is -1.51. The first-order valence-corrected chi connectivity index (χ1v) is 7.87. The van der Waals surface area contributed by atoms with Crippen LogP contribution in [0, 0.1) is 0 Å². The van der Waals surface area contributed by atoms with Crippen LogP contribution in [-0.2, 0) is 22.6 Å².